The second kappa shape index (κ2) is 11.3. The average molecular weight is 511 g/mol. The summed E-state index contributed by atoms with van der Waals surface area (Å²) < 4.78 is 12.6. The van der Waals surface area contributed by atoms with E-state index in [1.54, 1.807) is 23.4 Å². The Balaban J connectivity index is 1.43. The normalized spacial score (nSPS) is 16.8. The summed E-state index contributed by atoms with van der Waals surface area (Å²) in [5.41, 5.74) is 5.13. The Kier molecular flexibility index (Phi) is 7.49. The molecule has 4 aromatic rings. The Bertz CT molecular complexity index is 1400. The molecule has 3 heterocycles. The van der Waals surface area contributed by atoms with Gasteiger partial charge in [0.15, 0.2) is 0 Å². The van der Waals surface area contributed by atoms with Crippen LogP contribution < -0.4 is 0 Å². The van der Waals surface area contributed by atoms with Crippen molar-refractivity contribution in [2.24, 2.45) is 5.92 Å². The van der Waals surface area contributed by atoms with Crippen LogP contribution in [0.4, 0.5) is 4.79 Å². The molecule has 2 atom stereocenters. The van der Waals surface area contributed by atoms with E-state index in [1.807, 2.05) is 71.5 Å². The highest BCUT2D eigenvalue weighted by Gasteiger charge is 2.36. The van der Waals surface area contributed by atoms with Crippen LogP contribution >= 0.6 is 0 Å². The SMILES string of the molecule is COC(=O)c1ccncc1Cc1c(-c2ccccc2)cnn1[C@@H]1CN(C(=O)OCc2ccccc2)C[C@H]1C. The lowest BCUT2D eigenvalue weighted by atomic mass is 9.98. The van der Waals surface area contributed by atoms with Gasteiger partial charge in [-0.05, 0) is 28.7 Å². The highest BCUT2D eigenvalue weighted by atomic mass is 16.6. The van der Waals surface area contributed by atoms with E-state index in [4.69, 9.17) is 14.6 Å². The van der Waals surface area contributed by atoms with Gasteiger partial charge in [0.25, 0.3) is 0 Å². The monoisotopic (exact) mass is 510 g/mol. The molecule has 1 amide bonds. The van der Waals surface area contributed by atoms with Crippen molar-refractivity contribution in [3.8, 4) is 11.1 Å². The van der Waals surface area contributed by atoms with E-state index in [1.165, 1.54) is 7.11 Å². The number of nitrogens with zero attached hydrogens (tertiary/aromatic N) is 4. The van der Waals surface area contributed by atoms with Crippen molar-refractivity contribution < 1.29 is 19.1 Å². The lowest BCUT2D eigenvalue weighted by molar-refractivity contribution is 0.0599. The van der Waals surface area contributed by atoms with Gasteiger partial charge < -0.3 is 14.4 Å². The van der Waals surface area contributed by atoms with Crippen molar-refractivity contribution in [2.45, 2.75) is 26.0 Å². The number of hydrogen-bond donors (Lipinski definition) is 0. The first kappa shape index (κ1) is 25.2. The molecule has 2 aromatic heterocycles. The van der Waals surface area contributed by atoms with Crippen LogP contribution in [0.2, 0.25) is 0 Å². The minimum Gasteiger partial charge on any atom is -0.465 e. The first-order chi connectivity index (χ1) is 18.5. The molecule has 2 aromatic carbocycles. The Labute approximate surface area is 221 Å². The number of ether oxygens (including phenoxy) is 2. The molecule has 1 aliphatic heterocycles. The largest absolute Gasteiger partial charge is 0.465 e. The van der Waals surface area contributed by atoms with Gasteiger partial charge in [-0.3, -0.25) is 9.67 Å². The summed E-state index contributed by atoms with van der Waals surface area (Å²) in [7, 11) is 1.37. The molecule has 1 aliphatic rings. The molecule has 0 unspecified atom stereocenters. The van der Waals surface area contributed by atoms with Gasteiger partial charge in [0.2, 0.25) is 0 Å². The predicted octanol–water partition coefficient (Wildman–Crippen LogP) is 5.15. The molecule has 0 saturated carbocycles. The van der Waals surface area contributed by atoms with Crippen molar-refractivity contribution in [3.63, 3.8) is 0 Å². The summed E-state index contributed by atoms with van der Waals surface area (Å²) in [6.07, 6.45) is 5.25. The van der Waals surface area contributed by atoms with Gasteiger partial charge in [-0.15, -0.1) is 0 Å². The molecule has 8 nitrogen and oxygen atoms in total. The maximum Gasteiger partial charge on any atom is 0.410 e. The second-order valence-corrected chi connectivity index (χ2v) is 9.51. The molecule has 0 bridgehead atoms. The quantitative estimate of drug-likeness (QED) is 0.320. The van der Waals surface area contributed by atoms with Gasteiger partial charge >= 0.3 is 12.1 Å². The molecular weight excluding hydrogens is 480 g/mol. The zero-order chi connectivity index (χ0) is 26.5. The van der Waals surface area contributed by atoms with Crippen molar-refractivity contribution in [3.05, 3.63) is 108 Å². The summed E-state index contributed by atoms with van der Waals surface area (Å²) in [6.45, 7) is 3.40. The van der Waals surface area contributed by atoms with Crippen LogP contribution in [-0.2, 0) is 22.5 Å². The van der Waals surface area contributed by atoms with Gasteiger partial charge in [-0.2, -0.15) is 5.10 Å². The second-order valence-electron chi connectivity index (χ2n) is 9.51. The Morgan fingerprint density at radius 1 is 0.974 bits per heavy atom. The first-order valence-corrected chi connectivity index (χ1v) is 12.6. The molecule has 0 spiro atoms. The van der Waals surface area contributed by atoms with Crippen molar-refractivity contribution in [2.75, 3.05) is 20.2 Å². The third-order valence-electron chi connectivity index (χ3n) is 7.00. The van der Waals surface area contributed by atoms with Gasteiger partial charge in [0, 0.05) is 37.5 Å². The number of methoxy groups -OCH3 is 1. The smallest absolute Gasteiger partial charge is 0.410 e. The fourth-order valence-corrected chi connectivity index (χ4v) is 4.99. The Morgan fingerprint density at radius 3 is 2.45 bits per heavy atom. The summed E-state index contributed by atoms with van der Waals surface area (Å²) >= 11 is 0. The summed E-state index contributed by atoms with van der Waals surface area (Å²) in [6, 6.07) is 21.3. The number of pyridine rings is 1. The maximum absolute atomic E-state index is 12.9. The fraction of sp³-hybridized carbons (Fsp3) is 0.267. The number of carbonyl (C=O) groups excluding carboxylic acids is 2. The zero-order valence-electron chi connectivity index (χ0n) is 21.5. The highest BCUT2D eigenvalue weighted by molar-refractivity contribution is 5.91. The summed E-state index contributed by atoms with van der Waals surface area (Å²) in [5.74, 6) is -0.258. The topological polar surface area (TPSA) is 86.5 Å². The maximum atomic E-state index is 12.9. The van der Waals surface area contributed by atoms with Crippen LogP contribution in [0.25, 0.3) is 11.1 Å². The van der Waals surface area contributed by atoms with E-state index < -0.39 is 5.97 Å². The Morgan fingerprint density at radius 2 is 1.71 bits per heavy atom. The van der Waals surface area contributed by atoms with Crippen molar-refractivity contribution in [1.82, 2.24) is 19.7 Å². The van der Waals surface area contributed by atoms with Crippen LogP contribution in [0, 0.1) is 5.92 Å². The minimum absolute atomic E-state index is 0.0509. The van der Waals surface area contributed by atoms with Crippen molar-refractivity contribution >= 4 is 12.1 Å². The Hall–Kier alpha value is -4.46. The molecule has 1 fully saturated rings. The van der Waals surface area contributed by atoms with E-state index in [2.05, 4.69) is 11.9 Å². The zero-order valence-corrected chi connectivity index (χ0v) is 21.5. The number of aromatic nitrogens is 3. The molecular formula is C30H30N4O4. The van der Waals surface area contributed by atoms with E-state index in [0.29, 0.717) is 25.1 Å². The van der Waals surface area contributed by atoms with E-state index in [9.17, 15) is 9.59 Å². The van der Waals surface area contributed by atoms with Gasteiger partial charge in [-0.1, -0.05) is 67.6 Å². The van der Waals surface area contributed by atoms with E-state index in [-0.39, 0.29) is 24.7 Å². The van der Waals surface area contributed by atoms with E-state index in [0.717, 1.165) is 27.9 Å². The highest BCUT2D eigenvalue weighted by Crippen LogP contribution is 2.34. The van der Waals surface area contributed by atoms with Crippen LogP contribution in [0.3, 0.4) is 0 Å². The van der Waals surface area contributed by atoms with Crippen molar-refractivity contribution in [1.29, 1.82) is 0 Å². The molecule has 5 rings (SSSR count). The van der Waals surface area contributed by atoms with E-state index >= 15 is 0 Å². The lowest BCUT2D eigenvalue weighted by Crippen LogP contribution is -2.30. The number of benzene rings is 2. The van der Waals surface area contributed by atoms with Gasteiger partial charge in [0.05, 0.1) is 30.6 Å². The lowest BCUT2D eigenvalue weighted by Gasteiger charge is -2.20. The van der Waals surface area contributed by atoms with Crippen LogP contribution in [0.5, 0.6) is 0 Å². The third-order valence-corrected chi connectivity index (χ3v) is 7.00. The molecule has 0 aliphatic carbocycles. The first-order valence-electron chi connectivity index (χ1n) is 12.6. The van der Waals surface area contributed by atoms with Gasteiger partial charge in [0.1, 0.15) is 6.61 Å². The van der Waals surface area contributed by atoms with Gasteiger partial charge in [-0.25, -0.2) is 9.59 Å². The average Bonchev–Trinajstić information content (AvgIpc) is 3.55. The fourth-order valence-electron chi connectivity index (χ4n) is 4.99. The summed E-state index contributed by atoms with van der Waals surface area (Å²) in [4.78, 5) is 31.4. The number of rotatable bonds is 7. The standard InChI is InChI=1S/C30H30N4O4/c1-21-18-33(30(36)38-20-22-9-5-3-6-10-22)19-28(21)34-27(26(17-32-34)23-11-7-4-8-12-23)15-24-16-31-14-13-25(24)29(35)37-2/h3-14,16-17,21,28H,15,18-20H2,1-2H3/t21-,28-/m1/s1. The molecule has 38 heavy (non-hydrogen) atoms. The number of likely N-dealkylation sites (tertiary alicyclic amines) is 1. The third kappa shape index (κ3) is 5.29. The van der Waals surface area contributed by atoms with Crippen LogP contribution in [0.15, 0.2) is 85.3 Å². The molecule has 1 saturated heterocycles. The molecule has 0 radical (unpaired) electrons. The molecule has 0 N–H and O–H groups in total. The number of esters is 1. The number of carbonyl (C=O) groups is 2. The minimum atomic E-state index is -0.406. The predicted molar refractivity (Wildman–Crippen MR) is 142 cm³/mol. The summed E-state index contributed by atoms with van der Waals surface area (Å²) in [5, 5.41) is 4.80. The number of amides is 1. The molecule has 194 valence electrons. The molecule has 8 heteroatoms. The van der Waals surface area contributed by atoms with Crippen LogP contribution in [0.1, 0.15) is 40.1 Å². The number of hydrogen-bond acceptors (Lipinski definition) is 6. The van der Waals surface area contributed by atoms with Crippen LogP contribution in [-0.4, -0.2) is 51.9 Å².